The zero-order valence-corrected chi connectivity index (χ0v) is 12.9. The maximum Gasteiger partial charge on any atom is 0.123 e. The number of nitrogens with zero attached hydrogens (tertiary/aromatic N) is 1. The van der Waals surface area contributed by atoms with Gasteiger partial charge in [-0.3, -0.25) is 0 Å². The molecular weight excluding hydrogens is 289 g/mol. The Morgan fingerprint density at radius 2 is 1.30 bits per heavy atom. The zero-order chi connectivity index (χ0) is 16.2. The molecule has 0 spiro atoms. The molecule has 3 rings (SSSR count). The van der Waals surface area contributed by atoms with Crippen LogP contribution in [0.15, 0.2) is 72.8 Å². The largest absolute Gasteiger partial charge is 0.508 e. The van der Waals surface area contributed by atoms with Crippen LogP contribution in [0.4, 0.5) is 15.8 Å². The first-order chi connectivity index (χ1) is 11.1. The summed E-state index contributed by atoms with van der Waals surface area (Å²) in [7, 11) is 0. The number of aryl methyl sites for hydroxylation is 1. The Labute approximate surface area is 135 Å². The maximum absolute atomic E-state index is 13.2. The summed E-state index contributed by atoms with van der Waals surface area (Å²) in [6.45, 7) is 2.72. The van der Waals surface area contributed by atoms with E-state index in [2.05, 4.69) is 36.1 Å². The fourth-order valence-corrected chi connectivity index (χ4v) is 2.46. The molecule has 0 aliphatic carbocycles. The number of benzene rings is 3. The number of hydrogen-bond acceptors (Lipinski definition) is 2. The molecule has 116 valence electrons. The van der Waals surface area contributed by atoms with Crippen molar-refractivity contribution in [2.45, 2.75) is 13.5 Å². The molecule has 0 fully saturated rings. The molecule has 0 heterocycles. The van der Waals surface area contributed by atoms with Crippen molar-refractivity contribution in [3.63, 3.8) is 0 Å². The van der Waals surface area contributed by atoms with Crippen LogP contribution in [0.5, 0.6) is 5.75 Å². The number of hydrogen-bond donors (Lipinski definition) is 1. The Bertz CT molecular complexity index is 719. The van der Waals surface area contributed by atoms with Crippen molar-refractivity contribution in [1.82, 2.24) is 0 Å². The van der Waals surface area contributed by atoms with Crippen LogP contribution >= 0.6 is 0 Å². The van der Waals surface area contributed by atoms with Crippen LogP contribution in [-0.4, -0.2) is 5.11 Å². The fourth-order valence-electron chi connectivity index (χ4n) is 2.46. The highest BCUT2D eigenvalue weighted by Crippen LogP contribution is 2.29. The predicted octanol–water partition coefficient (Wildman–Crippen LogP) is 5.18. The van der Waals surface area contributed by atoms with Crippen LogP contribution < -0.4 is 4.90 Å². The van der Waals surface area contributed by atoms with E-state index < -0.39 is 0 Å². The number of halogens is 1. The first kappa shape index (κ1) is 15.1. The smallest absolute Gasteiger partial charge is 0.123 e. The number of rotatable bonds is 4. The van der Waals surface area contributed by atoms with Crippen molar-refractivity contribution >= 4 is 11.4 Å². The van der Waals surface area contributed by atoms with Gasteiger partial charge in [0, 0.05) is 17.9 Å². The predicted molar refractivity (Wildman–Crippen MR) is 91.5 cm³/mol. The molecule has 3 aromatic carbocycles. The lowest BCUT2D eigenvalue weighted by atomic mass is 10.1. The third-order valence-electron chi connectivity index (χ3n) is 3.76. The molecule has 0 amide bonds. The summed E-state index contributed by atoms with van der Waals surface area (Å²) in [6.07, 6.45) is 0. The van der Waals surface area contributed by atoms with Gasteiger partial charge in [-0.25, -0.2) is 4.39 Å². The highest BCUT2D eigenvalue weighted by Gasteiger charge is 2.10. The van der Waals surface area contributed by atoms with E-state index in [-0.39, 0.29) is 11.6 Å². The standard InChI is InChI=1S/C20H18FNO/c1-15-2-4-16(5-3-15)14-22(18-8-6-17(21)7-9-18)19-10-12-20(23)13-11-19/h2-13,23H,14H2,1H3. The van der Waals surface area contributed by atoms with Crippen LogP contribution in [0.25, 0.3) is 0 Å². The van der Waals surface area contributed by atoms with Crippen molar-refractivity contribution in [2.24, 2.45) is 0 Å². The molecule has 23 heavy (non-hydrogen) atoms. The second-order valence-electron chi connectivity index (χ2n) is 5.56. The molecule has 0 bridgehead atoms. The molecule has 0 saturated carbocycles. The highest BCUT2D eigenvalue weighted by molar-refractivity contribution is 5.64. The van der Waals surface area contributed by atoms with Gasteiger partial charge in [-0.05, 0) is 61.0 Å². The van der Waals surface area contributed by atoms with Crippen molar-refractivity contribution in [3.8, 4) is 5.75 Å². The number of phenols is 1. The van der Waals surface area contributed by atoms with Gasteiger partial charge < -0.3 is 10.0 Å². The van der Waals surface area contributed by atoms with Crippen LogP contribution in [-0.2, 0) is 6.54 Å². The highest BCUT2D eigenvalue weighted by atomic mass is 19.1. The van der Waals surface area contributed by atoms with Gasteiger partial charge in [0.2, 0.25) is 0 Å². The Kier molecular flexibility index (Phi) is 4.29. The Morgan fingerprint density at radius 3 is 1.87 bits per heavy atom. The van der Waals surface area contributed by atoms with Crippen molar-refractivity contribution < 1.29 is 9.50 Å². The Morgan fingerprint density at radius 1 is 0.783 bits per heavy atom. The molecule has 0 radical (unpaired) electrons. The van der Waals surface area contributed by atoms with Gasteiger partial charge in [-0.1, -0.05) is 29.8 Å². The van der Waals surface area contributed by atoms with Gasteiger partial charge in [0.1, 0.15) is 11.6 Å². The molecule has 0 aliphatic heterocycles. The molecular formula is C20H18FNO. The van der Waals surface area contributed by atoms with E-state index in [1.807, 2.05) is 12.1 Å². The minimum atomic E-state index is -0.255. The third-order valence-corrected chi connectivity index (χ3v) is 3.76. The summed E-state index contributed by atoms with van der Waals surface area (Å²) in [6, 6.07) is 21.8. The molecule has 0 aliphatic rings. The van der Waals surface area contributed by atoms with Crippen LogP contribution in [0, 0.1) is 12.7 Å². The monoisotopic (exact) mass is 307 g/mol. The second-order valence-corrected chi connectivity index (χ2v) is 5.56. The minimum Gasteiger partial charge on any atom is -0.508 e. The lowest BCUT2D eigenvalue weighted by Crippen LogP contribution is -2.16. The summed E-state index contributed by atoms with van der Waals surface area (Å²) in [5, 5.41) is 9.50. The van der Waals surface area contributed by atoms with Crippen LogP contribution in [0.2, 0.25) is 0 Å². The molecule has 3 heteroatoms. The molecule has 2 nitrogen and oxygen atoms in total. The lowest BCUT2D eigenvalue weighted by molar-refractivity contribution is 0.475. The average Bonchev–Trinajstić information content (AvgIpc) is 2.56. The molecule has 0 saturated heterocycles. The van der Waals surface area contributed by atoms with Gasteiger partial charge in [0.15, 0.2) is 0 Å². The van der Waals surface area contributed by atoms with E-state index in [9.17, 15) is 9.50 Å². The van der Waals surface area contributed by atoms with E-state index in [0.29, 0.717) is 6.54 Å². The first-order valence-corrected chi connectivity index (χ1v) is 7.49. The van der Waals surface area contributed by atoms with E-state index >= 15 is 0 Å². The van der Waals surface area contributed by atoms with Crippen LogP contribution in [0.1, 0.15) is 11.1 Å². The fraction of sp³-hybridized carbons (Fsp3) is 0.100. The SMILES string of the molecule is Cc1ccc(CN(c2ccc(O)cc2)c2ccc(F)cc2)cc1. The summed E-state index contributed by atoms with van der Waals surface area (Å²) >= 11 is 0. The average molecular weight is 307 g/mol. The third kappa shape index (κ3) is 3.69. The zero-order valence-electron chi connectivity index (χ0n) is 12.9. The number of aromatic hydroxyl groups is 1. The normalized spacial score (nSPS) is 10.5. The van der Waals surface area contributed by atoms with Crippen LogP contribution in [0.3, 0.4) is 0 Å². The van der Waals surface area contributed by atoms with E-state index in [1.165, 1.54) is 17.7 Å². The van der Waals surface area contributed by atoms with Gasteiger partial charge in [0.05, 0.1) is 0 Å². The van der Waals surface area contributed by atoms with Gasteiger partial charge in [-0.15, -0.1) is 0 Å². The van der Waals surface area contributed by atoms with Gasteiger partial charge in [-0.2, -0.15) is 0 Å². The first-order valence-electron chi connectivity index (χ1n) is 7.49. The van der Waals surface area contributed by atoms with E-state index in [0.717, 1.165) is 16.9 Å². The Hall–Kier alpha value is -2.81. The molecule has 1 N–H and O–H groups in total. The summed E-state index contributed by atoms with van der Waals surface area (Å²) in [4.78, 5) is 2.09. The molecule has 3 aromatic rings. The van der Waals surface area contributed by atoms with Crippen molar-refractivity contribution in [3.05, 3.63) is 89.7 Å². The van der Waals surface area contributed by atoms with Crippen molar-refractivity contribution in [1.29, 1.82) is 0 Å². The molecule has 0 unspecified atom stereocenters. The summed E-state index contributed by atoms with van der Waals surface area (Å²) < 4.78 is 13.2. The van der Waals surface area contributed by atoms with Gasteiger partial charge >= 0.3 is 0 Å². The molecule has 0 aromatic heterocycles. The minimum absolute atomic E-state index is 0.225. The summed E-state index contributed by atoms with van der Waals surface area (Å²) in [5.74, 6) is -0.0297. The van der Waals surface area contributed by atoms with E-state index in [4.69, 9.17) is 0 Å². The number of phenolic OH excluding ortho intramolecular Hbond substituents is 1. The summed E-state index contributed by atoms with van der Waals surface area (Å²) in [5.41, 5.74) is 4.22. The van der Waals surface area contributed by atoms with E-state index in [1.54, 1.807) is 24.3 Å². The van der Waals surface area contributed by atoms with Gasteiger partial charge in [0.25, 0.3) is 0 Å². The number of anilines is 2. The Balaban J connectivity index is 1.97. The topological polar surface area (TPSA) is 23.5 Å². The van der Waals surface area contributed by atoms with Crippen molar-refractivity contribution in [2.75, 3.05) is 4.90 Å². The second kappa shape index (κ2) is 6.53. The lowest BCUT2D eigenvalue weighted by Gasteiger charge is -2.25. The maximum atomic E-state index is 13.2. The molecule has 0 atom stereocenters. The quantitative estimate of drug-likeness (QED) is 0.718.